The van der Waals surface area contributed by atoms with Crippen molar-refractivity contribution in [1.29, 1.82) is 0 Å². The third-order valence-corrected chi connectivity index (χ3v) is 5.46. The van der Waals surface area contributed by atoms with E-state index >= 15 is 0 Å². The van der Waals surface area contributed by atoms with Gasteiger partial charge in [0.05, 0.1) is 16.7 Å². The first-order valence-electron chi connectivity index (χ1n) is 9.41. The van der Waals surface area contributed by atoms with Crippen LogP contribution in [0.2, 0.25) is 0 Å². The number of para-hydroxylation sites is 2. The van der Waals surface area contributed by atoms with Gasteiger partial charge in [0.25, 0.3) is 5.56 Å². The Hall–Kier alpha value is -3.13. The largest absolute Gasteiger partial charge is 0.483 e. The summed E-state index contributed by atoms with van der Waals surface area (Å²) in [5.41, 5.74) is 0.558. The molecule has 148 valence electrons. The molecule has 0 bridgehead atoms. The fraction of sp³-hybridized carbons (Fsp3) is 0.238. The van der Waals surface area contributed by atoms with Gasteiger partial charge in [-0.15, -0.1) is 10.2 Å². The Morgan fingerprint density at radius 3 is 2.66 bits per heavy atom. The van der Waals surface area contributed by atoms with E-state index in [-0.39, 0.29) is 11.7 Å². The van der Waals surface area contributed by atoms with Crippen LogP contribution < -0.4 is 10.3 Å². The summed E-state index contributed by atoms with van der Waals surface area (Å²) >= 11 is 1.49. The number of hydrogen-bond donors (Lipinski definition) is 1. The van der Waals surface area contributed by atoms with Crippen LogP contribution in [0.5, 0.6) is 5.75 Å². The second-order valence-corrected chi connectivity index (χ2v) is 7.42. The lowest BCUT2D eigenvalue weighted by atomic mass is 10.2. The second kappa shape index (κ2) is 8.48. The van der Waals surface area contributed by atoms with Crippen molar-refractivity contribution in [3.8, 4) is 5.75 Å². The van der Waals surface area contributed by atoms with Crippen molar-refractivity contribution in [2.45, 2.75) is 37.4 Å². The fourth-order valence-corrected chi connectivity index (χ4v) is 3.98. The Morgan fingerprint density at radius 1 is 1.10 bits per heavy atom. The molecule has 0 aliphatic carbocycles. The van der Waals surface area contributed by atoms with Crippen LogP contribution in [0.25, 0.3) is 10.9 Å². The number of benzene rings is 2. The lowest BCUT2D eigenvalue weighted by Crippen LogP contribution is -2.12. The van der Waals surface area contributed by atoms with Gasteiger partial charge in [0, 0.05) is 6.54 Å². The Labute approximate surface area is 172 Å². The minimum atomic E-state index is -0.238. The van der Waals surface area contributed by atoms with Crippen molar-refractivity contribution < 1.29 is 4.74 Å². The third kappa shape index (κ3) is 4.17. The van der Waals surface area contributed by atoms with Gasteiger partial charge >= 0.3 is 0 Å². The Balaban J connectivity index is 1.52. The monoisotopic (exact) mass is 407 g/mol. The number of aromatic amines is 1. The van der Waals surface area contributed by atoms with E-state index in [1.807, 2.05) is 66.9 Å². The van der Waals surface area contributed by atoms with Gasteiger partial charge in [-0.25, -0.2) is 4.98 Å². The second-order valence-electron chi connectivity index (χ2n) is 6.48. The van der Waals surface area contributed by atoms with Gasteiger partial charge in [-0.3, -0.25) is 4.79 Å². The van der Waals surface area contributed by atoms with E-state index in [0.29, 0.717) is 22.5 Å². The predicted molar refractivity (Wildman–Crippen MR) is 113 cm³/mol. The summed E-state index contributed by atoms with van der Waals surface area (Å²) in [6.07, 6.45) is -0.238. The SMILES string of the molecule is CCn1c(SCc2nc3ccccc3c(=O)[nH]2)nnc1C(C)Oc1ccccc1. The average molecular weight is 407 g/mol. The molecule has 2 aromatic heterocycles. The van der Waals surface area contributed by atoms with Crippen LogP contribution in [0.4, 0.5) is 0 Å². The van der Waals surface area contributed by atoms with Gasteiger partial charge in [-0.2, -0.15) is 0 Å². The highest BCUT2D eigenvalue weighted by atomic mass is 32.2. The number of aromatic nitrogens is 5. The predicted octanol–water partition coefficient (Wildman–Crippen LogP) is 3.97. The van der Waals surface area contributed by atoms with Crippen LogP contribution in [0, 0.1) is 0 Å². The number of rotatable bonds is 7. The number of H-pyrrole nitrogens is 1. The maximum atomic E-state index is 12.2. The number of thioether (sulfide) groups is 1. The molecule has 1 atom stereocenters. The van der Waals surface area contributed by atoms with Crippen LogP contribution in [0.3, 0.4) is 0 Å². The van der Waals surface area contributed by atoms with Gasteiger partial charge in [0.15, 0.2) is 17.1 Å². The first kappa shape index (κ1) is 19.2. The number of fused-ring (bicyclic) bond motifs is 1. The molecule has 1 unspecified atom stereocenters. The van der Waals surface area contributed by atoms with Crippen LogP contribution in [0.15, 0.2) is 64.5 Å². The summed E-state index contributed by atoms with van der Waals surface area (Å²) in [5, 5.41) is 10.0. The molecule has 0 saturated heterocycles. The zero-order valence-corrected chi connectivity index (χ0v) is 17.0. The van der Waals surface area contributed by atoms with Crippen LogP contribution >= 0.6 is 11.8 Å². The molecule has 0 spiro atoms. The van der Waals surface area contributed by atoms with Gasteiger partial charge < -0.3 is 14.3 Å². The molecule has 2 heterocycles. The zero-order chi connectivity index (χ0) is 20.2. The maximum absolute atomic E-state index is 12.2. The quantitative estimate of drug-likeness (QED) is 0.467. The number of ether oxygens (including phenoxy) is 1. The van der Waals surface area contributed by atoms with E-state index < -0.39 is 0 Å². The van der Waals surface area contributed by atoms with E-state index in [1.54, 1.807) is 6.07 Å². The summed E-state index contributed by atoms with van der Waals surface area (Å²) in [7, 11) is 0. The van der Waals surface area contributed by atoms with Crippen molar-refractivity contribution in [2.24, 2.45) is 0 Å². The Kier molecular flexibility index (Phi) is 5.62. The summed E-state index contributed by atoms with van der Waals surface area (Å²) in [5.74, 6) is 2.66. The summed E-state index contributed by atoms with van der Waals surface area (Å²) in [6.45, 7) is 4.72. The van der Waals surface area contributed by atoms with Crippen LogP contribution in [-0.4, -0.2) is 24.7 Å². The van der Waals surface area contributed by atoms with Crippen LogP contribution in [0.1, 0.15) is 31.6 Å². The number of hydrogen-bond acceptors (Lipinski definition) is 6. The summed E-state index contributed by atoms with van der Waals surface area (Å²) in [4.78, 5) is 19.6. The fourth-order valence-electron chi connectivity index (χ4n) is 3.10. The maximum Gasteiger partial charge on any atom is 0.258 e. The van der Waals surface area contributed by atoms with E-state index in [4.69, 9.17) is 4.74 Å². The number of nitrogens with one attached hydrogen (secondary N) is 1. The Bertz CT molecular complexity index is 1170. The highest BCUT2D eigenvalue weighted by molar-refractivity contribution is 7.98. The van der Waals surface area contributed by atoms with Gasteiger partial charge in [-0.1, -0.05) is 42.1 Å². The zero-order valence-electron chi connectivity index (χ0n) is 16.2. The molecule has 4 aromatic rings. The Morgan fingerprint density at radius 2 is 1.86 bits per heavy atom. The minimum absolute atomic E-state index is 0.131. The molecule has 0 fully saturated rings. The molecule has 0 aliphatic rings. The molecule has 8 heteroatoms. The number of nitrogens with zero attached hydrogens (tertiary/aromatic N) is 4. The van der Waals surface area contributed by atoms with Crippen molar-refractivity contribution >= 4 is 22.7 Å². The minimum Gasteiger partial charge on any atom is -0.483 e. The molecule has 7 nitrogen and oxygen atoms in total. The van der Waals surface area contributed by atoms with Gasteiger partial charge in [-0.05, 0) is 38.1 Å². The van der Waals surface area contributed by atoms with E-state index in [2.05, 4.69) is 20.2 Å². The normalized spacial score (nSPS) is 12.2. The van der Waals surface area contributed by atoms with Gasteiger partial charge in [0.2, 0.25) is 0 Å². The van der Waals surface area contributed by atoms with E-state index in [9.17, 15) is 4.79 Å². The van der Waals surface area contributed by atoms with Crippen molar-refractivity contribution in [3.05, 3.63) is 76.6 Å². The van der Waals surface area contributed by atoms with Gasteiger partial charge in [0.1, 0.15) is 11.6 Å². The molecule has 0 aliphatic heterocycles. The molecule has 0 saturated carbocycles. The van der Waals surface area contributed by atoms with E-state index in [1.165, 1.54) is 11.8 Å². The van der Waals surface area contributed by atoms with E-state index in [0.717, 1.165) is 23.3 Å². The first-order valence-corrected chi connectivity index (χ1v) is 10.4. The van der Waals surface area contributed by atoms with Crippen molar-refractivity contribution in [2.75, 3.05) is 0 Å². The topological polar surface area (TPSA) is 85.7 Å². The lowest BCUT2D eigenvalue weighted by Gasteiger charge is -2.15. The molecule has 1 N–H and O–H groups in total. The van der Waals surface area contributed by atoms with Crippen molar-refractivity contribution in [3.63, 3.8) is 0 Å². The summed E-state index contributed by atoms with van der Waals surface area (Å²) < 4.78 is 8.02. The molecule has 0 amide bonds. The van der Waals surface area contributed by atoms with Crippen molar-refractivity contribution in [1.82, 2.24) is 24.7 Å². The lowest BCUT2D eigenvalue weighted by molar-refractivity contribution is 0.210. The smallest absolute Gasteiger partial charge is 0.258 e. The highest BCUT2D eigenvalue weighted by Crippen LogP contribution is 2.25. The first-order chi connectivity index (χ1) is 14.2. The third-order valence-electron chi connectivity index (χ3n) is 4.48. The van der Waals surface area contributed by atoms with Crippen LogP contribution in [-0.2, 0) is 12.3 Å². The molecule has 4 rings (SSSR count). The molecular weight excluding hydrogens is 386 g/mol. The summed E-state index contributed by atoms with van der Waals surface area (Å²) in [6, 6.07) is 17.0. The molecule has 29 heavy (non-hydrogen) atoms. The highest BCUT2D eigenvalue weighted by Gasteiger charge is 2.19. The molecule has 2 aromatic carbocycles. The molecular formula is C21H21N5O2S. The average Bonchev–Trinajstić information content (AvgIpc) is 3.16. The standard InChI is InChI=1S/C21H21N5O2S/c1-3-26-19(14(2)28-15-9-5-4-6-10-15)24-25-21(26)29-13-18-22-17-12-8-7-11-16(17)20(27)23-18/h4-12,14H,3,13H2,1-2H3,(H,22,23,27). The molecule has 0 radical (unpaired) electrons.